The predicted octanol–water partition coefficient (Wildman–Crippen LogP) is 4.32. The Hall–Kier alpha value is -4.08. The Morgan fingerprint density at radius 1 is 0.757 bits per heavy atom. The van der Waals surface area contributed by atoms with Gasteiger partial charge in [0.05, 0.1) is 13.0 Å². The number of aliphatic carboxylic acids is 1. The number of halogens is 2. The number of amides is 4. The zero-order chi connectivity index (χ0) is 27.0. The fraction of sp³-hybridized carbons (Fsp3) is 0.154. The topological polar surface area (TPSA) is 137 Å². The zero-order valence-corrected chi connectivity index (χ0v) is 21.2. The second-order valence-corrected chi connectivity index (χ2v) is 8.36. The van der Waals surface area contributed by atoms with Crippen LogP contribution in [0.3, 0.4) is 0 Å². The third kappa shape index (κ3) is 12.4. The molecule has 3 rings (SSSR count). The molecule has 0 heterocycles. The van der Waals surface area contributed by atoms with Crippen LogP contribution in [0.4, 0.5) is 10.5 Å². The first kappa shape index (κ1) is 29.2. The molecule has 0 saturated heterocycles. The maximum atomic E-state index is 12.2. The smallest absolute Gasteiger partial charge is 0.319 e. The van der Waals surface area contributed by atoms with Crippen molar-refractivity contribution in [3.8, 4) is 0 Å². The van der Waals surface area contributed by atoms with Crippen LogP contribution in [0.15, 0.2) is 78.9 Å². The summed E-state index contributed by atoms with van der Waals surface area (Å²) in [5.74, 6) is -2.01. The molecule has 0 aliphatic carbocycles. The first-order valence-corrected chi connectivity index (χ1v) is 11.8. The second kappa shape index (κ2) is 15.8. The minimum Gasteiger partial charge on any atom is -0.481 e. The van der Waals surface area contributed by atoms with Crippen molar-refractivity contribution < 1.29 is 24.3 Å². The molecule has 11 heteroatoms. The van der Waals surface area contributed by atoms with Crippen LogP contribution in [0.25, 0.3) is 0 Å². The maximum absolute atomic E-state index is 12.2. The zero-order valence-electron chi connectivity index (χ0n) is 19.7. The quantitative estimate of drug-likeness (QED) is 0.273. The molecular weight excluding hydrogens is 519 g/mol. The highest BCUT2D eigenvalue weighted by Gasteiger charge is 2.10. The lowest BCUT2D eigenvalue weighted by Crippen LogP contribution is -2.37. The van der Waals surface area contributed by atoms with Gasteiger partial charge in [-0.1, -0.05) is 65.7 Å². The van der Waals surface area contributed by atoms with E-state index < -0.39 is 23.8 Å². The van der Waals surface area contributed by atoms with Crippen LogP contribution < -0.4 is 21.3 Å². The summed E-state index contributed by atoms with van der Waals surface area (Å²) in [5.41, 5.74) is 1.65. The molecule has 0 radical (unpaired) electrons. The highest BCUT2D eigenvalue weighted by atomic mass is 35.5. The molecule has 4 amide bonds. The summed E-state index contributed by atoms with van der Waals surface area (Å²) >= 11 is 11.1. The van der Waals surface area contributed by atoms with E-state index in [4.69, 9.17) is 28.3 Å². The summed E-state index contributed by atoms with van der Waals surface area (Å²) in [5, 5.41) is 20.1. The molecule has 3 aromatic carbocycles. The van der Waals surface area contributed by atoms with Crippen molar-refractivity contribution in [2.45, 2.75) is 13.0 Å². The predicted molar refractivity (Wildman–Crippen MR) is 143 cm³/mol. The average molecular weight is 545 g/mol. The van der Waals surface area contributed by atoms with Crippen molar-refractivity contribution in [1.29, 1.82) is 0 Å². The van der Waals surface area contributed by atoms with Gasteiger partial charge >= 0.3 is 12.0 Å². The fourth-order valence-corrected chi connectivity index (χ4v) is 3.22. The number of carboxylic acid groups (broad SMARTS) is 1. The normalized spacial score (nSPS) is 9.78. The van der Waals surface area contributed by atoms with E-state index >= 15 is 0 Å². The largest absolute Gasteiger partial charge is 0.481 e. The number of urea groups is 1. The molecule has 0 aliphatic heterocycles. The van der Waals surface area contributed by atoms with Crippen LogP contribution in [-0.4, -0.2) is 42.0 Å². The third-order valence-corrected chi connectivity index (χ3v) is 5.01. The number of carbonyl (C=O) groups is 4. The van der Waals surface area contributed by atoms with E-state index in [-0.39, 0.29) is 25.1 Å². The minimum atomic E-state index is -1.02. The summed E-state index contributed by atoms with van der Waals surface area (Å²) in [6.07, 6.45) is -0.195. The van der Waals surface area contributed by atoms with Crippen LogP contribution in [0, 0.1) is 0 Å². The van der Waals surface area contributed by atoms with Crippen molar-refractivity contribution in [1.82, 2.24) is 16.0 Å². The van der Waals surface area contributed by atoms with Crippen LogP contribution >= 0.6 is 23.2 Å². The first-order valence-electron chi connectivity index (χ1n) is 11.1. The number of rotatable bonds is 9. The van der Waals surface area contributed by atoms with E-state index in [1.165, 1.54) is 6.07 Å². The number of carbonyl (C=O) groups excluding carboxylic acids is 3. The molecule has 194 valence electrons. The number of hydrogen-bond donors (Lipinski definition) is 5. The second-order valence-electron chi connectivity index (χ2n) is 7.49. The Morgan fingerprint density at radius 2 is 1.43 bits per heavy atom. The number of hydrogen-bond acceptors (Lipinski definition) is 4. The van der Waals surface area contributed by atoms with Crippen molar-refractivity contribution in [3.05, 3.63) is 100 Å². The molecule has 0 unspecified atom stereocenters. The Morgan fingerprint density at radius 3 is 2.05 bits per heavy atom. The molecule has 37 heavy (non-hydrogen) atoms. The van der Waals surface area contributed by atoms with E-state index in [1.54, 1.807) is 36.4 Å². The van der Waals surface area contributed by atoms with Crippen LogP contribution in [0.1, 0.15) is 22.3 Å². The summed E-state index contributed by atoms with van der Waals surface area (Å²) < 4.78 is 0. The molecule has 0 atom stereocenters. The van der Waals surface area contributed by atoms with Gasteiger partial charge in [0.15, 0.2) is 0 Å². The molecule has 9 nitrogen and oxygen atoms in total. The van der Waals surface area contributed by atoms with Crippen molar-refractivity contribution in [2.24, 2.45) is 0 Å². The molecule has 0 fully saturated rings. The van der Waals surface area contributed by atoms with E-state index in [0.29, 0.717) is 22.3 Å². The maximum Gasteiger partial charge on any atom is 0.319 e. The Bertz CT molecular complexity index is 1190. The lowest BCUT2D eigenvalue weighted by Gasteiger charge is -2.10. The third-order valence-electron chi connectivity index (χ3n) is 4.54. The number of carboxylic acids is 1. The molecule has 0 aromatic heterocycles. The first-order chi connectivity index (χ1) is 17.7. The lowest BCUT2D eigenvalue weighted by atomic mass is 10.2. The van der Waals surface area contributed by atoms with Crippen LogP contribution in [-0.2, 0) is 16.1 Å². The molecule has 0 spiro atoms. The van der Waals surface area contributed by atoms with E-state index in [9.17, 15) is 19.2 Å². The van der Waals surface area contributed by atoms with Gasteiger partial charge in [0.25, 0.3) is 5.91 Å². The van der Waals surface area contributed by atoms with Gasteiger partial charge in [0, 0.05) is 34.4 Å². The number of benzene rings is 3. The summed E-state index contributed by atoms with van der Waals surface area (Å²) in [7, 11) is 0. The van der Waals surface area contributed by atoms with Crippen molar-refractivity contribution >= 4 is 52.7 Å². The van der Waals surface area contributed by atoms with Gasteiger partial charge in [-0.15, -0.1) is 0 Å². The summed E-state index contributed by atoms with van der Waals surface area (Å²) in [6, 6.07) is 22.4. The highest BCUT2D eigenvalue weighted by Crippen LogP contribution is 2.14. The minimum absolute atomic E-state index is 0.0124. The van der Waals surface area contributed by atoms with Gasteiger partial charge < -0.3 is 26.4 Å². The van der Waals surface area contributed by atoms with Gasteiger partial charge in [-0.3, -0.25) is 14.4 Å². The van der Waals surface area contributed by atoms with Crippen molar-refractivity contribution in [3.63, 3.8) is 0 Å². The molecular formula is C26H26Cl2N4O5. The standard InChI is InChI=1S/C20H22N4O5.C6H4Cl2/c25-17(21-10-9-18(26)27)13-22-19(28)15-7-4-8-16(11-15)24-20(29)23-12-14-5-2-1-3-6-14;7-5-2-1-3-6(8)4-5/h1-8,11H,9-10,12-13H2,(H,21,25)(H,22,28)(H,26,27)(H2,23,24,29);1-4H. The Labute approximate surface area is 224 Å². The molecule has 0 saturated carbocycles. The number of anilines is 1. The van der Waals surface area contributed by atoms with Crippen LogP contribution in [0.5, 0.6) is 0 Å². The fourth-order valence-electron chi connectivity index (χ4n) is 2.79. The average Bonchev–Trinajstić information content (AvgIpc) is 2.87. The van der Waals surface area contributed by atoms with E-state index in [2.05, 4.69) is 21.3 Å². The molecule has 0 aliphatic rings. The Balaban J connectivity index is 0.000000510. The highest BCUT2D eigenvalue weighted by molar-refractivity contribution is 6.34. The van der Waals surface area contributed by atoms with Gasteiger partial charge in [-0.05, 0) is 42.0 Å². The molecule has 3 aromatic rings. The van der Waals surface area contributed by atoms with Gasteiger partial charge in [-0.2, -0.15) is 0 Å². The van der Waals surface area contributed by atoms with E-state index in [1.807, 2.05) is 36.4 Å². The summed E-state index contributed by atoms with van der Waals surface area (Å²) in [4.78, 5) is 46.2. The Kier molecular flexibility index (Phi) is 12.5. The SMILES string of the molecule is Clc1cccc(Cl)c1.O=C(O)CCNC(=O)CNC(=O)c1cccc(NC(=O)NCc2ccccc2)c1. The van der Waals surface area contributed by atoms with Gasteiger partial charge in [0.2, 0.25) is 5.91 Å². The molecule has 0 bridgehead atoms. The lowest BCUT2D eigenvalue weighted by molar-refractivity contribution is -0.136. The number of nitrogens with one attached hydrogen (secondary N) is 4. The van der Waals surface area contributed by atoms with Gasteiger partial charge in [0.1, 0.15) is 0 Å². The van der Waals surface area contributed by atoms with E-state index in [0.717, 1.165) is 5.56 Å². The molecule has 5 N–H and O–H groups in total. The van der Waals surface area contributed by atoms with Crippen molar-refractivity contribution in [2.75, 3.05) is 18.4 Å². The van der Waals surface area contributed by atoms with Crippen LogP contribution in [0.2, 0.25) is 10.0 Å². The van der Waals surface area contributed by atoms with Gasteiger partial charge in [-0.25, -0.2) is 4.79 Å². The summed E-state index contributed by atoms with van der Waals surface area (Å²) in [6.45, 7) is 0.0685. The monoisotopic (exact) mass is 544 g/mol.